The molecule has 2 rings (SSSR count). The first-order valence-electron chi connectivity index (χ1n) is 6.36. The van der Waals surface area contributed by atoms with Gasteiger partial charge in [0.15, 0.2) is 0 Å². The number of carbonyl (C=O) groups is 2. The highest BCUT2D eigenvalue weighted by Gasteiger charge is 2.34. The highest BCUT2D eigenvalue weighted by atomic mass is 16.5. The number of hydrogen-bond donors (Lipinski definition) is 2. The predicted molar refractivity (Wildman–Crippen MR) is 78.2 cm³/mol. The van der Waals surface area contributed by atoms with E-state index in [1.54, 1.807) is 30.6 Å². The number of ether oxygens (including phenoxy) is 1. The van der Waals surface area contributed by atoms with Crippen LogP contribution in [0.15, 0.2) is 48.2 Å². The average molecular weight is 300 g/mol. The van der Waals surface area contributed by atoms with Crippen LogP contribution in [0.2, 0.25) is 0 Å². The smallest absolute Gasteiger partial charge is 0.262 e. The summed E-state index contributed by atoms with van der Waals surface area (Å²) in [7, 11) is 1.44. The van der Waals surface area contributed by atoms with Crippen molar-refractivity contribution in [2.24, 2.45) is 5.84 Å². The van der Waals surface area contributed by atoms with Gasteiger partial charge in [-0.05, 0) is 18.2 Å². The molecule has 0 spiro atoms. The molecule has 0 saturated carbocycles. The number of hydrogen-bond acceptors (Lipinski definition) is 5. The number of hydrazine groups is 1. The molecule has 0 saturated heterocycles. The minimum absolute atomic E-state index is 0.00805. The van der Waals surface area contributed by atoms with E-state index in [0.717, 1.165) is 4.90 Å². The third-order valence-corrected chi connectivity index (χ3v) is 3.18. The normalized spacial score (nSPS) is 16.7. The number of nitrogens with one attached hydrogen (secondary N) is 1. The Hall–Kier alpha value is -2.93. The third-order valence-electron chi connectivity index (χ3n) is 3.18. The van der Waals surface area contributed by atoms with Crippen molar-refractivity contribution in [3.8, 4) is 5.75 Å². The molecular formula is C15H14N3O4. The first-order chi connectivity index (χ1) is 10.6. The Morgan fingerprint density at radius 2 is 2.09 bits per heavy atom. The second-order valence-electron chi connectivity index (χ2n) is 4.39. The van der Waals surface area contributed by atoms with Gasteiger partial charge in [0.25, 0.3) is 11.8 Å². The monoisotopic (exact) mass is 300 g/mol. The van der Waals surface area contributed by atoms with Gasteiger partial charge in [0.2, 0.25) is 6.29 Å². The lowest BCUT2D eigenvalue weighted by atomic mass is 10.0. The fraction of sp³-hybridized carbons (Fsp3) is 0.133. The van der Waals surface area contributed by atoms with Crippen LogP contribution in [0, 0.1) is 0 Å². The lowest BCUT2D eigenvalue weighted by molar-refractivity contribution is -0.123. The van der Waals surface area contributed by atoms with Crippen LogP contribution in [-0.2, 0) is 9.59 Å². The van der Waals surface area contributed by atoms with Crippen LogP contribution in [0.5, 0.6) is 5.75 Å². The standard InChI is InChI=1S/C15H14N3O4/c1-22-12-7-3-2-6-11(12)15(21)18-8-4-5-10(9-19)13(18)14(20)17-16/h2-8,13H,16H2,1H3,(H,17,20). The number of rotatable bonds is 4. The summed E-state index contributed by atoms with van der Waals surface area (Å²) in [6.07, 6.45) is 5.93. The molecule has 1 aromatic carbocycles. The molecule has 1 heterocycles. The summed E-state index contributed by atoms with van der Waals surface area (Å²) in [6.45, 7) is 0. The molecule has 0 aromatic heterocycles. The molecular weight excluding hydrogens is 286 g/mol. The van der Waals surface area contributed by atoms with Crippen molar-refractivity contribution in [2.45, 2.75) is 6.04 Å². The minimum atomic E-state index is -1.18. The quantitative estimate of drug-likeness (QED) is 0.465. The summed E-state index contributed by atoms with van der Waals surface area (Å²) in [5.41, 5.74) is 2.22. The Morgan fingerprint density at radius 3 is 2.73 bits per heavy atom. The van der Waals surface area contributed by atoms with Gasteiger partial charge in [-0.25, -0.2) is 5.84 Å². The minimum Gasteiger partial charge on any atom is -0.496 e. The van der Waals surface area contributed by atoms with Gasteiger partial charge in [-0.1, -0.05) is 18.2 Å². The molecule has 1 aliphatic rings. The number of carbonyl (C=O) groups excluding carboxylic acids is 3. The summed E-state index contributed by atoms with van der Waals surface area (Å²) < 4.78 is 5.14. The molecule has 7 nitrogen and oxygen atoms in total. The molecule has 0 fully saturated rings. The maximum absolute atomic E-state index is 12.7. The average Bonchev–Trinajstić information content (AvgIpc) is 2.59. The first kappa shape index (κ1) is 15.5. The zero-order valence-electron chi connectivity index (χ0n) is 11.8. The van der Waals surface area contributed by atoms with Crippen molar-refractivity contribution in [1.29, 1.82) is 0 Å². The second-order valence-corrected chi connectivity index (χ2v) is 4.39. The van der Waals surface area contributed by atoms with Crippen molar-refractivity contribution >= 4 is 18.1 Å². The summed E-state index contributed by atoms with van der Waals surface area (Å²) in [6, 6.07) is 5.40. The van der Waals surface area contributed by atoms with Crippen LogP contribution >= 0.6 is 0 Å². The Balaban J connectivity index is 2.43. The van der Waals surface area contributed by atoms with Crippen LogP contribution in [0.4, 0.5) is 0 Å². The first-order valence-corrected chi connectivity index (χ1v) is 6.36. The van der Waals surface area contributed by atoms with Gasteiger partial charge >= 0.3 is 0 Å². The highest BCUT2D eigenvalue weighted by Crippen LogP contribution is 2.24. The summed E-state index contributed by atoms with van der Waals surface area (Å²) in [5.74, 6) is 4.30. The van der Waals surface area contributed by atoms with Gasteiger partial charge in [-0.15, -0.1) is 0 Å². The number of nitrogens with two attached hydrogens (primary N) is 1. The number of benzene rings is 1. The van der Waals surface area contributed by atoms with Crippen LogP contribution < -0.4 is 16.0 Å². The topological polar surface area (TPSA) is 102 Å². The van der Waals surface area contributed by atoms with Gasteiger partial charge in [-0.3, -0.25) is 24.7 Å². The molecule has 0 bridgehead atoms. The van der Waals surface area contributed by atoms with E-state index >= 15 is 0 Å². The van der Waals surface area contributed by atoms with Gasteiger partial charge in [-0.2, -0.15) is 0 Å². The van der Waals surface area contributed by atoms with E-state index in [1.165, 1.54) is 25.5 Å². The molecule has 0 aliphatic carbocycles. The van der Waals surface area contributed by atoms with E-state index in [9.17, 15) is 14.4 Å². The lowest BCUT2D eigenvalue weighted by Gasteiger charge is -2.29. The Kier molecular flexibility index (Phi) is 4.70. The van der Waals surface area contributed by atoms with Crippen molar-refractivity contribution in [3.63, 3.8) is 0 Å². The molecule has 1 aliphatic heterocycles. The number of nitrogens with zero attached hydrogens (tertiary/aromatic N) is 1. The number of allylic oxidation sites excluding steroid dienone is 2. The van der Waals surface area contributed by atoms with Crippen LogP contribution in [0.1, 0.15) is 10.4 Å². The Labute approximate surface area is 127 Å². The van der Waals surface area contributed by atoms with Crippen molar-refractivity contribution in [3.05, 3.63) is 53.8 Å². The zero-order chi connectivity index (χ0) is 16.1. The zero-order valence-corrected chi connectivity index (χ0v) is 11.8. The Morgan fingerprint density at radius 1 is 1.36 bits per heavy atom. The van der Waals surface area contributed by atoms with Crippen LogP contribution in [-0.4, -0.2) is 36.2 Å². The Bertz CT molecular complexity index is 667. The molecule has 22 heavy (non-hydrogen) atoms. The van der Waals surface area contributed by atoms with E-state index in [2.05, 4.69) is 0 Å². The summed E-state index contributed by atoms with van der Waals surface area (Å²) in [5, 5.41) is 0. The molecule has 1 unspecified atom stereocenters. The second kappa shape index (κ2) is 6.68. The maximum Gasteiger partial charge on any atom is 0.262 e. The fourth-order valence-electron chi connectivity index (χ4n) is 2.15. The van der Waals surface area contributed by atoms with E-state index in [0.29, 0.717) is 5.75 Å². The van der Waals surface area contributed by atoms with Crippen molar-refractivity contribution < 1.29 is 19.1 Å². The van der Waals surface area contributed by atoms with Gasteiger partial charge in [0.05, 0.1) is 12.7 Å². The summed E-state index contributed by atoms with van der Waals surface area (Å²) in [4.78, 5) is 36.7. The van der Waals surface area contributed by atoms with Crippen molar-refractivity contribution in [1.82, 2.24) is 10.3 Å². The van der Waals surface area contributed by atoms with Crippen LogP contribution in [0.25, 0.3) is 0 Å². The molecule has 1 aromatic rings. The largest absolute Gasteiger partial charge is 0.496 e. The lowest BCUT2D eigenvalue weighted by Crippen LogP contribution is -2.51. The fourth-order valence-corrected chi connectivity index (χ4v) is 2.15. The number of methoxy groups -OCH3 is 1. The number of amides is 2. The molecule has 3 N–H and O–H groups in total. The SMILES string of the molecule is COc1ccccc1C(=O)N1C=CC=C([C]=O)C1C(=O)NN. The van der Waals surface area contributed by atoms with Gasteiger partial charge < -0.3 is 4.74 Å². The third kappa shape index (κ3) is 2.75. The van der Waals surface area contributed by atoms with Gasteiger partial charge in [0.1, 0.15) is 11.8 Å². The van der Waals surface area contributed by atoms with Crippen molar-refractivity contribution in [2.75, 3.05) is 7.11 Å². The van der Waals surface area contributed by atoms with E-state index in [-0.39, 0.29) is 11.1 Å². The molecule has 113 valence electrons. The molecule has 1 atom stereocenters. The summed E-state index contributed by atoms with van der Waals surface area (Å²) >= 11 is 0. The van der Waals surface area contributed by atoms with E-state index < -0.39 is 17.9 Å². The van der Waals surface area contributed by atoms with Crippen LogP contribution in [0.3, 0.4) is 0 Å². The molecule has 7 heteroatoms. The number of para-hydroxylation sites is 1. The highest BCUT2D eigenvalue weighted by molar-refractivity contribution is 6.03. The van der Waals surface area contributed by atoms with E-state index in [1.807, 2.05) is 5.43 Å². The van der Waals surface area contributed by atoms with E-state index in [4.69, 9.17) is 10.6 Å². The molecule has 2 amide bonds. The molecule has 1 radical (unpaired) electrons. The maximum atomic E-state index is 12.7. The predicted octanol–water partition coefficient (Wildman–Crippen LogP) is 0.0593. The van der Waals surface area contributed by atoms with Gasteiger partial charge in [0, 0.05) is 11.8 Å².